The number of benzene rings is 1. The van der Waals surface area contributed by atoms with Gasteiger partial charge in [-0.05, 0) is 39.0 Å². The topological polar surface area (TPSA) is 72.7 Å². The molecule has 0 aliphatic carbocycles. The molecule has 130 valence electrons. The number of carbonyl (C=O) groups excluding carboxylic acids is 1. The molecule has 6 heteroatoms. The average Bonchev–Trinajstić information content (AvgIpc) is 3.04. The number of nitrogens with one attached hydrogen (secondary N) is 1. The second-order valence-corrected chi connectivity index (χ2v) is 6.55. The van der Waals surface area contributed by atoms with Crippen LogP contribution in [0.25, 0.3) is 21.9 Å². The summed E-state index contributed by atoms with van der Waals surface area (Å²) >= 11 is 0. The van der Waals surface area contributed by atoms with Crippen LogP contribution in [0.1, 0.15) is 35.9 Å². The first-order valence-electron chi connectivity index (χ1n) is 8.54. The van der Waals surface area contributed by atoms with E-state index in [2.05, 4.69) is 34.2 Å². The highest BCUT2D eigenvalue weighted by Crippen LogP contribution is 2.23. The molecular formula is C20H19N5O. The Morgan fingerprint density at radius 3 is 2.77 bits per heavy atom. The molecule has 0 saturated heterocycles. The molecular weight excluding hydrogens is 326 g/mol. The van der Waals surface area contributed by atoms with Crippen molar-refractivity contribution in [3.63, 3.8) is 0 Å². The first-order valence-corrected chi connectivity index (χ1v) is 8.54. The SMILES string of the molecule is Cc1nc2c(cnn2C(C)C)cc1C(=O)Nc1cccc2cccnc12. The Kier molecular flexibility index (Phi) is 3.88. The lowest BCUT2D eigenvalue weighted by atomic mass is 10.1. The zero-order chi connectivity index (χ0) is 18.3. The van der Waals surface area contributed by atoms with Crippen molar-refractivity contribution < 1.29 is 4.79 Å². The van der Waals surface area contributed by atoms with E-state index in [1.165, 1.54) is 0 Å². The van der Waals surface area contributed by atoms with Crippen LogP contribution in [0.15, 0.2) is 48.8 Å². The van der Waals surface area contributed by atoms with Gasteiger partial charge < -0.3 is 5.32 Å². The predicted molar refractivity (Wildman–Crippen MR) is 102 cm³/mol. The van der Waals surface area contributed by atoms with Crippen molar-refractivity contribution in [3.05, 3.63) is 60.0 Å². The van der Waals surface area contributed by atoms with E-state index in [0.29, 0.717) is 16.9 Å². The number of nitrogens with zero attached hydrogens (tertiary/aromatic N) is 4. The van der Waals surface area contributed by atoms with E-state index in [9.17, 15) is 4.79 Å². The smallest absolute Gasteiger partial charge is 0.257 e. The largest absolute Gasteiger partial charge is 0.320 e. The summed E-state index contributed by atoms with van der Waals surface area (Å²) in [5.74, 6) is -0.202. The third-order valence-electron chi connectivity index (χ3n) is 4.37. The summed E-state index contributed by atoms with van der Waals surface area (Å²) in [7, 11) is 0. The molecule has 0 unspecified atom stereocenters. The van der Waals surface area contributed by atoms with Crippen molar-refractivity contribution in [2.24, 2.45) is 0 Å². The van der Waals surface area contributed by atoms with E-state index < -0.39 is 0 Å². The van der Waals surface area contributed by atoms with Crippen LogP contribution < -0.4 is 5.32 Å². The molecule has 0 saturated carbocycles. The number of hydrogen-bond acceptors (Lipinski definition) is 4. The third-order valence-corrected chi connectivity index (χ3v) is 4.37. The summed E-state index contributed by atoms with van der Waals surface area (Å²) in [4.78, 5) is 21.8. The normalized spacial score (nSPS) is 11.4. The number of fused-ring (bicyclic) bond motifs is 2. The Morgan fingerprint density at radius 2 is 1.96 bits per heavy atom. The van der Waals surface area contributed by atoms with E-state index in [1.807, 2.05) is 48.0 Å². The Bertz CT molecular complexity index is 1120. The minimum atomic E-state index is -0.202. The Morgan fingerprint density at radius 1 is 1.15 bits per heavy atom. The Labute approximate surface area is 150 Å². The maximum atomic E-state index is 12.9. The van der Waals surface area contributed by atoms with Crippen LogP contribution in [0.5, 0.6) is 0 Å². The van der Waals surface area contributed by atoms with Crippen LogP contribution >= 0.6 is 0 Å². The summed E-state index contributed by atoms with van der Waals surface area (Å²) in [6.45, 7) is 5.95. The lowest BCUT2D eigenvalue weighted by Gasteiger charge is -2.11. The number of hydrogen-bond donors (Lipinski definition) is 1. The van der Waals surface area contributed by atoms with Crippen molar-refractivity contribution in [3.8, 4) is 0 Å². The van der Waals surface area contributed by atoms with E-state index in [-0.39, 0.29) is 11.9 Å². The zero-order valence-corrected chi connectivity index (χ0v) is 14.9. The molecule has 0 fully saturated rings. The molecule has 1 aromatic carbocycles. The summed E-state index contributed by atoms with van der Waals surface area (Å²) < 4.78 is 1.86. The molecule has 1 N–H and O–H groups in total. The van der Waals surface area contributed by atoms with Crippen molar-refractivity contribution in [1.29, 1.82) is 0 Å². The van der Waals surface area contributed by atoms with Crippen molar-refractivity contribution in [2.45, 2.75) is 26.8 Å². The van der Waals surface area contributed by atoms with Gasteiger partial charge in [0.15, 0.2) is 5.65 Å². The number of pyridine rings is 2. The lowest BCUT2D eigenvalue weighted by molar-refractivity contribution is 0.102. The maximum absolute atomic E-state index is 12.9. The van der Waals surface area contributed by atoms with Crippen LogP contribution in [-0.2, 0) is 0 Å². The van der Waals surface area contributed by atoms with Gasteiger partial charge in [-0.1, -0.05) is 18.2 Å². The van der Waals surface area contributed by atoms with Gasteiger partial charge in [-0.3, -0.25) is 9.78 Å². The summed E-state index contributed by atoms with van der Waals surface area (Å²) in [5.41, 5.74) is 3.45. The number of aryl methyl sites for hydroxylation is 1. The van der Waals surface area contributed by atoms with Crippen molar-refractivity contribution >= 4 is 33.5 Å². The van der Waals surface area contributed by atoms with Crippen LogP contribution in [0.2, 0.25) is 0 Å². The van der Waals surface area contributed by atoms with Crippen molar-refractivity contribution in [2.75, 3.05) is 5.32 Å². The van der Waals surface area contributed by atoms with Gasteiger partial charge in [0.05, 0.1) is 28.7 Å². The molecule has 3 heterocycles. The molecule has 0 radical (unpaired) electrons. The predicted octanol–water partition coefficient (Wildman–Crippen LogP) is 4.12. The van der Waals surface area contributed by atoms with Gasteiger partial charge in [-0.2, -0.15) is 5.10 Å². The number of carbonyl (C=O) groups is 1. The molecule has 4 rings (SSSR count). The fourth-order valence-electron chi connectivity index (χ4n) is 3.07. The highest BCUT2D eigenvalue weighted by atomic mass is 16.1. The molecule has 3 aromatic heterocycles. The van der Waals surface area contributed by atoms with Gasteiger partial charge in [0.1, 0.15) is 0 Å². The van der Waals surface area contributed by atoms with Gasteiger partial charge in [-0.25, -0.2) is 9.67 Å². The number of rotatable bonds is 3. The summed E-state index contributed by atoms with van der Waals surface area (Å²) in [6.07, 6.45) is 3.47. The minimum Gasteiger partial charge on any atom is -0.320 e. The second kappa shape index (κ2) is 6.22. The number of anilines is 1. The van der Waals surface area contributed by atoms with Gasteiger partial charge in [0.2, 0.25) is 0 Å². The van der Waals surface area contributed by atoms with Gasteiger partial charge in [0, 0.05) is 23.0 Å². The summed E-state index contributed by atoms with van der Waals surface area (Å²) in [5, 5.41) is 9.17. The maximum Gasteiger partial charge on any atom is 0.257 e. The van der Waals surface area contributed by atoms with Crippen LogP contribution in [0, 0.1) is 6.92 Å². The molecule has 0 atom stereocenters. The zero-order valence-electron chi connectivity index (χ0n) is 14.9. The van der Waals surface area contributed by atoms with Crippen molar-refractivity contribution in [1.82, 2.24) is 19.7 Å². The first kappa shape index (κ1) is 16.2. The molecule has 0 bridgehead atoms. The molecule has 4 aromatic rings. The fourth-order valence-corrected chi connectivity index (χ4v) is 3.07. The standard InChI is InChI=1S/C20H19N5O/c1-12(2)25-19-15(11-22-25)10-16(13(3)23-19)20(26)24-17-8-4-6-14-7-5-9-21-18(14)17/h4-12H,1-3H3,(H,24,26). The number of para-hydroxylation sites is 1. The van der Waals surface area contributed by atoms with Gasteiger partial charge in [0.25, 0.3) is 5.91 Å². The van der Waals surface area contributed by atoms with Crippen LogP contribution in [0.4, 0.5) is 5.69 Å². The average molecular weight is 345 g/mol. The van der Waals surface area contributed by atoms with E-state index >= 15 is 0 Å². The monoisotopic (exact) mass is 345 g/mol. The minimum absolute atomic E-state index is 0.202. The molecule has 0 aliphatic rings. The molecule has 0 spiro atoms. The van der Waals surface area contributed by atoms with E-state index in [0.717, 1.165) is 21.9 Å². The molecule has 1 amide bonds. The summed E-state index contributed by atoms with van der Waals surface area (Å²) in [6, 6.07) is 11.6. The van der Waals surface area contributed by atoms with Crippen LogP contribution in [0.3, 0.4) is 0 Å². The van der Waals surface area contributed by atoms with Gasteiger partial charge in [-0.15, -0.1) is 0 Å². The molecule has 26 heavy (non-hydrogen) atoms. The first-order chi connectivity index (χ1) is 12.5. The quantitative estimate of drug-likeness (QED) is 0.606. The number of amides is 1. The lowest BCUT2D eigenvalue weighted by Crippen LogP contribution is -2.15. The molecule has 6 nitrogen and oxygen atoms in total. The highest BCUT2D eigenvalue weighted by Gasteiger charge is 2.16. The van der Waals surface area contributed by atoms with E-state index in [4.69, 9.17) is 0 Å². The van der Waals surface area contributed by atoms with E-state index in [1.54, 1.807) is 12.4 Å². The second-order valence-electron chi connectivity index (χ2n) is 6.55. The number of aromatic nitrogens is 4. The Hall–Kier alpha value is -3.28. The van der Waals surface area contributed by atoms with Gasteiger partial charge >= 0.3 is 0 Å². The Balaban J connectivity index is 1.73. The van der Waals surface area contributed by atoms with Crippen LogP contribution in [-0.4, -0.2) is 25.7 Å². The fraction of sp³-hybridized carbons (Fsp3) is 0.200. The highest BCUT2D eigenvalue weighted by molar-refractivity contribution is 6.09. The molecule has 0 aliphatic heterocycles. The third kappa shape index (κ3) is 2.69.